The summed E-state index contributed by atoms with van der Waals surface area (Å²) in [4.78, 5) is 22.0. The Balaban J connectivity index is 2.11. The van der Waals surface area contributed by atoms with Gasteiger partial charge >= 0.3 is 5.97 Å². The van der Waals surface area contributed by atoms with Crippen LogP contribution in [-0.2, 0) is 13.6 Å². The van der Waals surface area contributed by atoms with Gasteiger partial charge in [0.15, 0.2) is 0 Å². The van der Waals surface area contributed by atoms with Gasteiger partial charge in [-0.3, -0.25) is 9.48 Å². The molecule has 4 N–H and O–H groups in total. The third kappa shape index (κ3) is 2.77. The average molecular weight is 274 g/mol. The molecule has 104 valence electrons. The summed E-state index contributed by atoms with van der Waals surface area (Å²) < 4.78 is 1.51. The number of nitrogens with two attached hydrogens (primary N) is 1. The van der Waals surface area contributed by atoms with Crippen LogP contribution >= 0.6 is 0 Å². The summed E-state index contributed by atoms with van der Waals surface area (Å²) in [6.45, 7) is 0.314. The van der Waals surface area contributed by atoms with Crippen LogP contribution in [0.5, 0.6) is 0 Å². The van der Waals surface area contributed by atoms with E-state index in [2.05, 4.69) is 10.4 Å². The second kappa shape index (κ2) is 5.43. The van der Waals surface area contributed by atoms with Gasteiger partial charge in [0, 0.05) is 18.3 Å². The minimum absolute atomic E-state index is 0.161. The summed E-state index contributed by atoms with van der Waals surface area (Å²) in [6, 6.07) is 6.62. The summed E-state index contributed by atoms with van der Waals surface area (Å²) >= 11 is 0. The minimum Gasteiger partial charge on any atom is -0.478 e. The molecule has 0 saturated heterocycles. The number of carbonyl (C=O) groups excluding carboxylic acids is 1. The lowest BCUT2D eigenvalue weighted by atomic mass is 10.2. The second-order valence-electron chi connectivity index (χ2n) is 4.23. The number of benzene rings is 1. The number of anilines is 1. The largest absolute Gasteiger partial charge is 0.478 e. The molecule has 7 heteroatoms. The van der Waals surface area contributed by atoms with Crippen LogP contribution in [0.1, 0.15) is 26.4 Å². The number of hydrogen-bond acceptors (Lipinski definition) is 4. The van der Waals surface area contributed by atoms with Crippen LogP contribution in [-0.4, -0.2) is 26.8 Å². The summed E-state index contributed by atoms with van der Waals surface area (Å²) in [5.41, 5.74) is 7.05. The Morgan fingerprint density at radius 1 is 1.35 bits per heavy atom. The van der Waals surface area contributed by atoms with E-state index in [0.29, 0.717) is 17.8 Å². The lowest BCUT2D eigenvalue weighted by molar-refractivity contribution is 0.0695. The Morgan fingerprint density at radius 2 is 2.00 bits per heavy atom. The van der Waals surface area contributed by atoms with E-state index in [9.17, 15) is 9.59 Å². The Kier molecular flexibility index (Phi) is 3.69. The molecule has 0 fully saturated rings. The quantitative estimate of drug-likeness (QED) is 0.748. The fourth-order valence-corrected chi connectivity index (χ4v) is 1.79. The first kappa shape index (κ1) is 13.6. The van der Waals surface area contributed by atoms with E-state index < -0.39 is 11.9 Å². The Morgan fingerprint density at radius 3 is 2.55 bits per heavy atom. The number of aromatic carboxylic acids is 1. The highest BCUT2D eigenvalue weighted by atomic mass is 16.4. The normalized spacial score (nSPS) is 10.2. The zero-order chi connectivity index (χ0) is 14.7. The maximum atomic E-state index is 11.0. The maximum Gasteiger partial charge on any atom is 0.339 e. The highest BCUT2D eigenvalue weighted by Gasteiger charge is 2.14. The summed E-state index contributed by atoms with van der Waals surface area (Å²) in [6.07, 6.45) is 1.32. The first-order valence-electron chi connectivity index (χ1n) is 5.87. The topological polar surface area (TPSA) is 110 Å². The van der Waals surface area contributed by atoms with Crippen molar-refractivity contribution >= 4 is 17.6 Å². The monoisotopic (exact) mass is 274 g/mol. The van der Waals surface area contributed by atoms with E-state index in [1.165, 1.54) is 10.9 Å². The smallest absolute Gasteiger partial charge is 0.339 e. The number of nitrogens with zero attached hydrogens (tertiary/aromatic N) is 2. The number of primary amides is 1. The highest BCUT2D eigenvalue weighted by molar-refractivity contribution is 5.93. The first-order valence-corrected chi connectivity index (χ1v) is 5.87. The van der Waals surface area contributed by atoms with E-state index in [1.54, 1.807) is 31.3 Å². The van der Waals surface area contributed by atoms with Crippen LogP contribution in [0.2, 0.25) is 0 Å². The Bertz CT molecular complexity index is 646. The van der Waals surface area contributed by atoms with Crippen molar-refractivity contribution in [2.75, 3.05) is 5.32 Å². The average Bonchev–Trinajstić information content (AvgIpc) is 2.78. The third-order valence-corrected chi connectivity index (χ3v) is 2.92. The van der Waals surface area contributed by atoms with Gasteiger partial charge in [-0.15, -0.1) is 0 Å². The highest BCUT2D eigenvalue weighted by Crippen LogP contribution is 2.13. The van der Waals surface area contributed by atoms with Crippen molar-refractivity contribution in [3.63, 3.8) is 0 Å². The van der Waals surface area contributed by atoms with Crippen molar-refractivity contribution in [3.8, 4) is 0 Å². The van der Waals surface area contributed by atoms with Crippen LogP contribution in [0.25, 0.3) is 0 Å². The fourth-order valence-electron chi connectivity index (χ4n) is 1.79. The minimum atomic E-state index is -1.01. The zero-order valence-corrected chi connectivity index (χ0v) is 10.8. The van der Waals surface area contributed by atoms with E-state index in [0.717, 1.165) is 5.69 Å². The number of carboxylic acid groups (broad SMARTS) is 1. The van der Waals surface area contributed by atoms with Gasteiger partial charge in [0.2, 0.25) is 5.91 Å². The SMILES string of the molecule is Cn1ncc(C(=O)O)c1CNc1ccc(C(N)=O)cc1. The molecule has 20 heavy (non-hydrogen) atoms. The van der Waals surface area contributed by atoms with Crippen molar-refractivity contribution in [2.24, 2.45) is 12.8 Å². The van der Waals surface area contributed by atoms with Gasteiger partial charge in [0.05, 0.1) is 18.4 Å². The van der Waals surface area contributed by atoms with Crippen molar-refractivity contribution < 1.29 is 14.7 Å². The molecule has 1 aromatic heterocycles. The Labute approximate surface area is 115 Å². The molecule has 0 aliphatic carbocycles. The molecule has 1 aromatic carbocycles. The van der Waals surface area contributed by atoms with Gasteiger partial charge in [0.1, 0.15) is 5.56 Å². The fraction of sp³-hybridized carbons (Fsp3) is 0.154. The van der Waals surface area contributed by atoms with Crippen LogP contribution < -0.4 is 11.1 Å². The van der Waals surface area contributed by atoms with Gasteiger partial charge in [0.25, 0.3) is 0 Å². The van der Waals surface area contributed by atoms with E-state index in [-0.39, 0.29) is 5.56 Å². The molecule has 0 radical (unpaired) electrons. The van der Waals surface area contributed by atoms with Gasteiger partial charge in [-0.05, 0) is 24.3 Å². The third-order valence-electron chi connectivity index (χ3n) is 2.92. The van der Waals surface area contributed by atoms with E-state index in [1.807, 2.05) is 0 Å². The van der Waals surface area contributed by atoms with Crippen molar-refractivity contribution in [2.45, 2.75) is 6.54 Å². The van der Waals surface area contributed by atoms with Crippen LogP contribution in [0.15, 0.2) is 30.5 Å². The van der Waals surface area contributed by atoms with Crippen LogP contribution in [0.4, 0.5) is 5.69 Å². The molecule has 0 spiro atoms. The molecule has 2 rings (SSSR count). The number of hydrogen-bond donors (Lipinski definition) is 3. The van der Waals surface area contributed by atoms with Gasteiger partial charge in [-0.25, -0.2) is 4.79 Å². The van der Waals surface area contributed by atoms with Crippen molar-refractivity contribution in [1.82, 2.24) is 9.78 Å². The number of carbonyl (C=O) groups is 2. The molecule has 0 bridgehead atoms. The lowest BCUT2D eigenvalue weighted by Gasteiger charge is -2.08. The number of rotatable bonds is 5. The second-order valence-corrected chi connectivity index (χ2v) is 4.23. The van der Waals surface area contributed by atoms with Crippen molar-refractivity contribution in [1.29, 1.82) is 0 Å². The van der Waals surface area contributed by atoms with Gasteiger partial charge in [-0.2, -0.15) is 5.10 Å². The van der Waals surface area contributed by atoms with Crippen LogP contribution in [0, 0.1) is 0 Å². The molecular formula is C13H14N4O3. The number of aryl methyl sites for hydroxylation is 1. The Hall–Kier alpha value is -2.83. The number of amides is 1. The standard InChI is InChI=1S/C13H14N4O3/c1-17-11(10(6-16-17)13(19)20)7-15-9-4-2-8(3-5-9)12(14)18/h2-6,15H,7H2,1H3,(H2,14,18)(H,19,20). The molecule has 1 heterocycles. The molecule has 7 nitrogen and oxygen atoms in total. The van der Waals surface area contributed by atoms with Crippen LogP contribution in [0.3, 0.4) is 0 Å². The molecule has 2 aromatic rings. The lowest BCUT2D eigenvalue weighted by Crippen LogP contribution is -2.12. The number of nitrogens with one attached hydrogen (secondary N) is 1. The maximum absolute atomic E-state index is 11.0. The molecule has 0 unspecified atom stereocenters. The van der Waals surface area contributed by atoms with E-state index in [4.69, 9.17) is 10.8 Å². The molecule has 0 aliphatic rings. The number of aromatic nitrogens is 2. The van der Waals surface area contributed by atoms with Crippen molar-refractivity contribution in [3.05, 3.63) is 47.3 Å². The molecule has 0 aliphatic heterocycles. The first-order chi connectivity index (χ1) is 9.49. The predicted molar refractivity (Wildman–Crippen MR) is 72.5 cm³/mol. The van der Waals surface area contributed by atoms with Gasteiger partial charge < -0.3 is 16.2 Å². The molecule has 1 amide bonds. The molecular weight excluding hydrogens is 260 g/mol. The van der Waals surface area contributed by atoms with E-state index >= 15 is 0 Å². The molecule has 0 atom stereocenters. The summed E-state index contributed by atoms with van der Waals surface area (Å²) in [7, 11) is 1.68. The van der Waals surface area contributed by atoms with Gasteiger partial charge in [-0.1, -0.05) is 0 Å². The molecule has 0 saturated carbocycles. The predicted octanol–water partition coefficient (Wildman–Crippen LogP) is 0.829. The number of carboxylic acids is 1. The summed E-state index contributed by atoms with van der Waals surface area (Å²) in [5, 5.41) is 16.0. The summed E-state index contributed by atoms with van der Waals surface area (Å²) in [5.74, 6) is -1.50. The zero-order valence-electron chi connectivity index (χ0n) is 10.8.